The lowest BCUT2D eigenvalue weighted by atomic mass is 9.89. The third-order valence-electron chi connectivity index (χ3n) is 2.08. The number of allylic oxidation sites excluding steroid dienone is 2. The molecule has 3 nitrogen and oxygen atoms in total. The van der Waals surface area contributed by atoms with E-state index in [-0.39, 0.29) is 11.5 Å². The van der Waals surface area contributed by atoms with Gasteiger partial charge in [0, 0.05) is 6.42 Å². The first-order chi connectivity index (χ1) is 6.16. The number of carbonyl (C=O) groups is 1. The highest BCUT2D eigenvalue weighted by molar-refractivity contribution is 5.84. The van der Waals surface area contributed by atoms with E-state index in [9.17, 15) is 15.0 Å². The Morgan fingerprint density at radius 1 is 1.62 bits per heavy atom. The molecule has 2 N–H and O–H groups in total. The fourth-order valence-electron chi connectivity index (χ4n) is 1.42. The zero-order chi connectivity index (χ0) is 9.84. The average molecular weight is 182 g/mol. The molecule has 0 spiro atoms. The molecule has 0 fully saturated rings. The summed E-state index contributed by atoms with van der Waals surface area (Å²) in [6, 6.07) is 0. The Labute approximate surface area is 77.4 Å². The number of hydrogen-bond acceptors (Lipinski definition) is 3. The summed E-state index contributed by atoms with van der Waals surface area (Å²) in [5.41, 5.74) is 0. The van der Waals surface area contributed by atoms with Gasteiger partial charge in [-0.2, -0.15) is 0 Å². The zero-order valence-corrected chi connectivity index (χ0v) is 7.60. The van der Waals surface area contributed by atoms with Crippen LogP contribution in [0.1, 0.15) is 19.8 Å². The van der Waals surface area contributed by atoms with Crippen LogP contribution in [0.3, 0.4) is 0 Å². The molecule has 1 aliphatic carbocycles. The van der Waals surface area contributed by atoms with Crippen LogP contribution in [0.4, 0.5) is 0 Å². The Hall–Kier alpha value is -1.09. The summed E-state index contributed by atoms with van der Waals surface area (Å²) in [5, 5.41) is 18.8. The number of ketones is 1. The van der Waals surface area contributed by atoms with Gasteiger partial charge in [-0.15, -0.1) is 0 Å². The lowest BCUT2D eigenvalue weighted by Crippen LogP contribution is -2.30. The fraction of sp³-hybridized carbons (Fsp3) is 0.500. The SMILES string of the molecule is CCCC(=O)C1C(O)=CC=CC1O. The van der Waals surface area contributed by atoms with Gasteiger partial charge in [0.15, 0.2) is 0 Å². The minimum absolute atomic E-state index is 0.0338. The van der Waals surface area contributed by atoms with Crippen molar-refractivity contribution in [2.75, 3.05) is 0 Å². The van der Waals surface area contributed by atoms with E-state index in [1.165, 1.54) is 12.2 Å². The third-order valence-corrected chi connectivity index (χ3v) is 2.08. The van der Waals surface area contributed by atoms with Crippen molar-refractivity contribution in [1.29, 1.82) is 0 Å². The Balaban J connectivity index is 2.73. The normalized spacial score (nSPS) is 27.1. The van der Waals surface area contributed by atoms with E-state index >= 15 is 0 Å². The summed E-state index contributed by atoms with van der Waals surface area (Å²) >= 11 is 0. The van der Waals surface area contributed by atoms with Crippen LogP contribution in [0, 0.1) is 5.92 Å². The van der Waals surface area contributed by atoms with Crippen molar-refractivity contribution >= 4 is 5.78 Å². The fourth-order valence-corrected chi connectivity index (χ4v) is 1.42. The van der Waals surface area contributed by atoms with Crippen LogP contribution >= 0.6 is 0 Å². The number of aliphatic hydroxyl groups excluding tert-OH is 2. The summed E-state index contributed by atoms with van der Waals surface area (Å²) in [7, 11) is 0. The monoisotopic (exact) mass is 182 g/mol. The maximum atomic E-state index is 11.4. The van der Waals surface area contributed by atoms with E-state index in [2.05, 4.69) is 0 Å². The molecule has 2 unspecified atom stereocenters. The second-order valence-electron chi connectivity index (χ2n) is 3.16. The number of carbonyl (C=O) groups excluding carboxylic acids is 1. The topological polar surface area (TPSA) is 57.5 Å². The molecule has 0 saturated carbocycles. The van der Waals surface area contributed by atoms with Gasteiger partial charge in [-0.1, -0.05) is 19.1 Å². The molecule has 72 valence electrons. The lowest BCUT2D eigenvalue weighted by molar-refractivity contribution is -0.125. The zero-order valence-electron chi connectivity index (χ0n) is 7.60. The van der Waals surface area contributed by atoms with Crippen LogP contribution in [-0.4, -0.2) is 22.1 Å². The molecule has 0 amide bonds. The van der Waals surface area contributed by atoms with Crippen LogP contribution < -0.4 is 0 Å². The molecule has 0 aromatic heterocycles. The number of hydrogen-bond donors (Lipinski definition) is 2. The summed E-state index contributed by atoms with van der Waals surface area (Å²) in [4.78, 5) is 11.4. The summed E-state index contributed by atoms with van der Waals surface area (Å²) in [5.74, 6) is -0.883. The Kier molecular flexibility index (Phi) is 3.25. The first-order valence-electron chi connectivity index (χ1n) is 4.45. The van der Waals surface area contributed by atoms with Gasteiger partial charge < -0.3 is 10.2 Å². The smallest absolute Gasteiger partial charge is 0.146 e. The second-order valence-corrected chi connectivity index (χ2v) is 3.16. The van der Waals surface area contributed by atoms with Crippen LogP contribution in [0.25, 0.3) is 0 Å². The standard InChI is InChI=1S/C10H14O3/c1-2-4-7(11)10-8(12)5-3-6-9(10)13/h3,5-6,8,10,12-13H,2,4H2,1H3. The minimum Gasteiger partial charge on any atom is -0.511 e. The van der Waals surface area contributed by atoms with Gasteiger partial charge in [-0.3, -0.25) is 4.79 Å². The van der Waals surface area contributed by atoms with Gasteiger partial charge in [-0.25, -0.2) is 0 Å². The maximum absolute atomic E-state index is 11.4. The Morgan fingerprint density at radius 2 is 2.31 bits per heavy atom. The van der Waals surface area contributed by atoms with Gasteiger partial charge in [0.1, 0.15) is 17.5 Å². The van der Waals surface area contributed by atoms with E-state index < -0.39 is 12.0 Å². The predicted molar refractivity (Wildman–Crippen MR) is 49.3 cm³/mol. The van der Waals surface area contributed by atoms with Crippen LogP contribution in [-0.2, 0) is 4.79 Å². The molecule has 1 aliphatic rings. The predicted octanol–water partition coefficient (Wildman–Crippen LogP) is 1.34. The maximum Gasteiger partial charge on any atom is 0.146 e. The van der Waals surface area contributed by atoms with Crippen LogP contribution in [0.2, 0.25) is 0 Å². The highest BCUT2D eigenvalue weighted by atomic mass is 16.3. The molecule has 2 atom stereocenters. The van der Waals surface area contributed by atoms with Crippen molar-refractivity contribution in [3.8, 4) is 0 Å². The summed E-state index contributed by atoms with van der Waals surface area (Å²) in [6.45, 7) is 1.89. The lowest BCUT2D eigenvalue weighted by Gasteiger charge is -2.20. The molecule has 0 saturated heterocycles. The summed E-state index contributed by atoms with van der Waals surface area (Å²) in [6.07, 6.45) is 4.77. The average Bonchev–Trinajstić information content (AvgIpc) is 2.04. The molecule has 0 bridgehead atoms. The van der Waals surface area contributed by atoms with E-state index in [1.54, 1.807) is 6.08 Å². The first-order valence-corrected chi connectivity index (χ1v) is 4.45. The molecule has 3 heteroatoms. The van der Waals surface area contributed by atoms with E-state index in [0.29, 0.717) is 6.42 Å². The van der Waals surface area contributed by atoms with Crippen molar-refractivity contribution in [3.63, 3.8) is 0 Å². The molecular formula is C10H14O3. The van der Waals surface area contributed by atoms with Gasteiger partial charge in [0.05, 0.1) is 6.10 Å². The highest BCUT2D eigenvalue weighted by Crippen LogP contribution is 2.21. The molecule has 0 aromatic carbocycles. The van der Waals surface area contributed by atoms with Gasteiger partial charge in [0.25, 0.3) is 0 Å². The molecule has 13 heavy (non-hydrogen) atoms. The molecular weight excluding hydrogens is 168 g/mol. The molecule has 0 heterocycles. The van der Waals surface area contributed by atoms with Gasteiger partial charge >= 0.3 is 0 Å². The number of rotatable bonds is 3. The Morgan fingerprint density at radius 3 is 2.85 bits per heavy atom. The third kappa shape index (κ3) is 2.18. The number of Topliss-reactive ketones (excluding diaryl/α,β-unsaturated/α-hetero) is 1. The largest absolute Gasteiger partial charge is 0.511 e. The second kappa shape index (κ2) is 4.23. The Bertz CT molecular complexity index is 253. The molecule has 0 radical (unpaired) electrons. The highest BCUT2D eigenvalue weighted by Gasteiger charge is 2.29. The van der Waals surface area contributed by atoms with Crippen LogP contribution in [0.15, 0.2) is 24.0 Å². The quantitative estimate of drug-likeness (QED) is 0.692. The van der Waals surface area contributed by atoms with Crippen LogP contribution in [0.5, 0.6) is 0 Å². The minimum atomic E-state index is -0.871. The number of aliphatic hydroxyl groups is 2. The van der Waals surface area contributed by atoms with Gasteiger partial charge in [0.2, 0.25) is 0 Å². The first kappa shape index (κ1) is 9.99. The van der Waals surface area contributed by atoms with Crippen molar-refractivity contribution in [3.05, 3.63) is 24.0 Å². The molecule has 1 rings (SSSR count). The van der Waals surface area contributed by atoms with E-state index in [1.807, 2.05) is 6.92 Å². The van der Waals surface area contributed by atoms with Crippen molar-refractivity contribution in [2.45, 2.75) is 25.9 Å². The van der Waals surface area contributed by atoms with Crippen molar-refractivity contribution < 1.29 is 15.0 Å². The van der Waals surface area contributed by atoms with Gasteiger partial charge in [-0.05, 0) is 12.5 Å². The van der Waals surface area contributed by atoms with Crippen molar-refractivity contribution in [2.24, 2.45) is 5.92 Å². The van der Waals surface area contributed by atoms with Crippen molar-refractivity contribution in [1.82, 2.24) is 0 Å². The molecule has 0 aliphatic heterocycles. The molecule has 0 aromatic rings. The summed E-state index contributed by atoms with van der Waals surface area (Å²) < 4.78 is 0. The van der Waals surface area contributed by atoms with E-state index in [0.717, 1.165) is 6.42 Å². The van der Waals surface area contributed by atoms with E-state index in [4.69, 9.17) is 0 Å².